The zero-order valence-electron chi connectivity index (χ0n) is 8.32. The van der Waals surface area contributed by atoms with Crippen molar-refractivity contribution in [3.8, 4) is 0 Å². The van der Waals surface area contributed by atoms with Crippen molar-refractivity contribution >= 4 is 5.97 Å². The molecule has 1 heterocycles. The second kappa shape index (κ2) is 3.75. The van der Waals surface area contributed by atoms with Gasteiger partial charge in [-0.05, 0) is 31.5 Å². The average molecular weight is 194 g/mol. The summed E-state index contributed by atoms with van der Waals surface area (Å²) >= 11 is 0. The van der Waals surface area contributed by atoms with Gasteiger partial charge in [-0.25, -0.2) is 0 Å². The average Bonchev–Trinajstić information content (AvgIpc) is 2.01. The van der Waals surface area contributed by atoms with Gasteiger partial charge in [-0.15, -0.1) is 0 Å². The SMILES string of the molecule is Cc1ccnc(C(C)(N)CC(=O)O)c1. The highest BCUT2D eigenvalue weighted by Crippen LogP contribution is 2.19. The van der Waals surface area contributed by atoms with Gasteiger partial charge in [0.25, 0.3) is 0 Å². The van der Waals surface area contributed by atoms with E-state index in [1.807, 2.05) is 19.1 Å². The highest BCUT2D eigenvalue weighted by atomic mass is 16.4. The molecule has 14 heavy (non-hydrogen) atoms. The van der Waals surface area contributed by atoms with Crippen molar-refractivity contribution in [3.05, 3.63) is 29.6 Å². The third-order valence-corrected chi connectivity index (χ3v) is 2.02. The summed E-state index contributed by atoms with van der Waals surface area (Å²) < 4.78 is 0. The van der Waals surface area contributed by atoms with Crippen LogP contribution in [0.2, 0.25) is 0 Å². The number of rotatable bonds is 3. The number of nitrogens with two attached hydrogens (primary N) is 1. The minimum Gasteiger partial charge on any atom is -0.481 e. The first-order valence-corrected chi connectivity index (χ1v) is 4.35. The summed E-state index contributed by atoms with van der Waals surface area (Å²) in [6, 6.07) is 3.66. The van der Waals surface area contributed by atoms with Crippen molar-refractivity contribution in [1.29, 1.82) is 0 Å². The lowest BCUT2D eigenvalue weighted by Crippen LogP contribution is -2.36. The van der Waals surface area contributed by atoms with Crippen molar-refractivity contribution in [2.45, 2.75) is 25.8 Å². The van der Waals surface area contributed by atoms with Crippen molar-refractivity contribution < 1.29 is 9.90 Å². The lowest BCUT2D eigenvalue weighted by molar-refractivity contribution is -0.138. The Morgan fingerprint density at radius 1 is 1.71 bits per heavy atom. The van der Waals surface area contributed by atoms with Gasteiger partial charge in [-0.3, -0.25) is 9.78 Å². The van der Waals surface area contributed by atoms with Gasteiger partial charge < -0.3 is 10.8 Å². The molecule has 0 radical (unpaired) electrons. The molecule has 0 saturated heterocycles. The van der Waals surface area contributed by atoms with Gasteiger partial charge in [0.05, 0.1) is 17.7 Å². The van der Waals surface area contributed by atoms with Gasteiger partial charge in [0.1, 0.15) is 0 Å². The molecule has 0 bridgehead atoms. The van der Waals surface area contributed by atoms with Crippen LogP contribution >= 0.6 is 0 Å². The van der Waals surface area contributed by atoms with E-state index in [2.05, 4.69) is 4.98 Å². The Bertz CT molecular complexity index is 348. The van der Waals surface area contributed by atoms with Crippen molar-refractivity contribution in [1.82, 2.24) is 4.98 Å². The number of carbonyl (C=O) groups is 1. The van der Waals surface area contributed by atoms with Crippen LogP contribution in [0.3, 0.4) is 0 Å². The second-order valence-electron chi connectivity index (χ2n) is 3.71. The third kappa shape index (κ3) is 2.53. The minimum atomic E-state index is -0.918. The van der Waals surface area contributed by atoms with Crippen LogP contribution in [0.25, 0.3) is 0 Å². The Morgan fingerprint density at radius 3 is 2.86 bits per heavy atom. The molecule has 0 aromatic carbocycles. The molecule has 3 N–H and O–H groups in total. The van der Waals surface area contributed by atoms with E-state index in [1.54, 1.807) is 13.1 Å². The van der Waals surface area contributed by atoms with Crippen LogP contribution in [0.4, 0.5) is 0 Å². The maximum Gasteiger partial charge on any atom is 0.305 e. The molecule has 0 aliphatic rings. The second-order valence-corrected chi connectivity index (χ2v) is 3.71. The first-order valence-electron chi connectivity index (χ1n) is 4.35. The molecule has 0 fully saturated rings. The first kappa shape index (κ1) is 10.7. The number of carboxylic acid groups (broad SMARTS) is 1. The molecule has 0 saturated carbocycles. The maximum absolute atomic E-state index is 10.6. The van der Waals surface area contributed by atoms with E-state index in [0.29, 0.717) is 5.69 Å². The molecular formula is C10H14N2O2. The molecule has 0 amide bonds. The Kier molecular flexibility index (Phi) is 2.86. The number of hydrogen-bond donors (Lipinski definition) is 2. The molecule has 76 valence electrons. The van der Waals surface area contributed by atoms with Crippen LogP contribution in [0, 0.1) is 6.92 Å². The standard InChI is InChI=1S/C10H14N2O2/c1-7-3-4-12-8(5-7)10(2,11)6-9(13)14/h3-5H,6,11H2,1-2H3,(H,13,14). The fourth-order valence-electron chi connectivity index (χ4n) is 1.25. The number of carboxylic acids is 1. The topological polar surface area (TPSA) is 76.2 Å². The summed E-state index contributed by atoms with van der Waals surface area (Å²) in [7, 11) is 0. The highest BCUT2D eigenvalue weighted by Gasteiger charge is 2.25. The Labute approximate surface area is 82.8 Å². The van der Waals surface area contributed by atoms with Gasteiger partial charge >= 0.3 is 5.97 Å². The smallest absolute Gasteiger partial charge is 0.305 e. The minimum absolute atomic E-state index is 0.122. The van der Waals surface area contributed by atoms with E-state index in [0.717, 1.165) is 5.56 Å². The molecule has 1 unspecified atom stereocenters. The normalized spacial score (nSPS) is 14.8. The van der Waals surface area contributed by atoms with Crippen LogP contribution in [-0.4, -0.2) is 16.1 Å². The number of hydrogen-bond acceptors (Lipinski definition) is 3. The van der Waals surface area contributed by atoms with Gasteiger partial charge in [-0.2, -0.15) is 0 Å². The highest BCUT2D eigenvalue weighted by molar-refractivity contribution is 5.68. The molecule has 0 spiro atoms. The van der Waals surface area contributed by atoms with Gasteiger partial charge in [0, 0.05) is 6.20 Å². The molecule has 0 aliphatic carbocycles. The van der Waals surface area contributed by atoms with Crippen LogP contribution in [0.15, 0.2) is 18.3 Å². The Hall–Kier alpha value is -1.42. The van der Waals surface area contributed by atoms with Crippen molar-refractivity contribution in [2.75, 3.05) is 0 Å². The van der Waals surface area contributed by atoms with Crippen molar-refractivity contribution in [2.24, 2.45) is 5.73 Å². The zero-order chi connectivity index (χ0) is 10.8. The molecule has 0 aliphatic heterocycles. The summed E-state index contributed by atoms with van der Waals surface area (Å²) in [6.07, 6.45) is 1.51. The summed E-state index contributed by atoms with van der Waals surface area (Å²) in [5.41, 5.74) is 6.60. The molecule has 1 atom stereocenters. The lowest BCUT2D eigenvalue weighted by atomic mass is 9.94. The molecule has 1 aromatic rings. The predicted molar refractivity (Wildman–Crippen MR) is 52.8 cm³/mol. The molecular weight excluding hydrogens is 180 g/mol. The first-order chi connectivity index (χ1) is 6.42. The largest absolute Gasteiger partial charge is 0.481 e. The van der Waals surface area contributed by atoms with Crippen LogP contribution in [0.1, 0.15) is 24.6 Å². The molecule has 1 rings (SSSR count). The van der Waals surface area contributed by atoms with Gasteiger partial charge in [-0.1, -0.05) is 0 Å². The number of aryl methyl sites for hydroxylation is 1. The van der Waals surface area contributed by atoms with E-state index >= 15 is 0 Å². The predicted octanol–water partition coefficient (Wildman–Crippen LogP) is 1.04. The zero-order valence-corrected chi connectivity index (χ0v) is 8.32. The van der Waals surface area contributed by atoms with Crippen LogP contribution < -0.4 is 5.73 Å². The number of aromatic nitrogens is 1. The Morgan fingerprint density at radius 2 is 2.36 bits per heavy atom. The maximum atomic E-state index is 10.6. The summed E-state index contributed by atoms with van der Waals surface area (Å²) in [4.78, 5) is 14.6. The number of aliphatic carboxylic acids is 1. The fraction of sp³-hybridized carbons (Fsp3) is 0.400. The quantitative estimate of drug-likeness (QED) is 0.753. The van der Waals surface area contributed by atoms with Crippen LogP contribution in [-0.2, 0) is 10.3 Å². The van der Waals surface area contributed by atoms with E-state index < -0.39 is 11.5 Å². The molecule has 1 aromatic heterocycles. The van der Waals surface area contributed by atoms with E-state index in [-0.39, 0.29) is 6.42 Å². The lowest BCUT2D eigenvalue weighted by Gasteiger charge is -2.21. The van der Waals surface area contributed by atoms with Crippen LogP contribution in [0.5, 0.6) is 0 Å². The monoisotopic (exact) mass is 194 g/mol. The third-order valence-electron chi connectivity index (χ3n) is 2.02. The molecule has 4 heteroatoms. The summed E-state index contributed by atoms with van der Waals surface area (Å²) in [5, 5.41) is 8.67. The van der Waals surface area contributed by atoms with Gasteiger partial charge in [0.2, 0.25) is 0 Å². The van der Waals surface area contributed by atoms with E-state index in [4.69, 9.17) is 10.8 Å². The van der Waals surface area contributed by atoms with Gasteiger partial charge in [0.15, 0.2) is 0 Å². The fourth-order valence-corrected chi connectivity index (χ4v) is 1.25. The van der Waals surface area contributed by atoms with E-state index in [1.165, 1.54) is 0 Å². The van der Waals surface area contributed by atoms with Crippen molar-refractivity contribution in [3.63, 3.8) is 0 Å². The van der Waals surface area contributed by atoms with E-state index in [9.17, 15) is 4.79 Å². The summed E-state index contributed by atoms with van der Waals surface area (Å²) in [6.45, 7) is 3.59. The number of nitrogens with zero attached hydrogens (tertiary/aromatic N) is 1. The number of pyridine rings is 1. The Balaban J connectivity index is 2.97. The summed E-state index contributed by atoms with van der Waals surface area (Å²) in [5.74, 6) is -0.918. The molecule has 4 nitrogen and oxygen atoms in total.